The molecule has 2 aromatic carbocycles. The molecule has 2 N–H and O–H groups in total. The highest BCUT2D eigenvalue weighted by Gasteiger charge is 2.46. The number of nitrogens with one attached hydrogen (secondary N) is 1. The third-order valence-electron chi connectivity index (χ3n) is 6.90. The highest BCUT2D eigenvalue weighted by molar-refractivity contribution is 5.87. The molecule has 2 atom stereocenters. The van der Waals surface area contributed by atoms with Crippen molar-refractivity contribution in [2.45, 2.75) is 39.2 Å². The maximum Gasteiger partial charge on any atom is 0.407 e. The number of benzene rings is 2. The number of amides is 2. The zero-order valence-corrected chi connectivity index (χ0v) is 19.2. The number of hydrogen-bond donors (Lipinski definition) is 2. The third kappa shape index (κ3) is 4.32. The van der Waals surface area contributed by atoms with Crippen molar-refractivity contribution in [2.75, 3.05) is 19.7 Å². The summed E-state index contributed by atoms with van der Waals surface area (Å²) in [5, 5.41) is 12.2. The van der Waals surface area contributed by atoms with Gasteiger partial charge in [-0.15, -0.1) is 0 Å². The number of alkyl carbamates (subject to hydrolysis) is 1. The van der Waals surface area contributed by atoms with Gasteiger partial charge in [0.25, 0.3) is 0 Å². The number of aliphatic carboxylic acids is 1. The van der Waals surface area contributed by atoms with Crippen LogP contribution in [-0.4, -0.2) is 53.7 Å². The van der Waals surface area contributed by atoms with Gasteiger partial charge in [0.1, 0.15) is 12.6 Å². The second-order valence-corrected chi connectivity index (χ2v) is 9.53. The Morgan fingerprint density at radius 3 is 2.18 bits per heavy atom. The van der Waals surface area contributed by atoms with Crippen LogP contribution in [0.2, 0.25) is 0 Å². The van der Waals surface area contributed by atoms with E-state index < -0.39 is 29.4 Å². The van der Waals surface area contributed by atoms with Crippen LogP contribution in [0.15, 0.2) is 48.5 Å². The molecule has 1 aliphatic carbocycles. The van der Waals surface area contributed by atoms with Crippen LogP contribution in [0.25, 0.3) is 11.1 Å². The van der Waals surface area contributed by atoms with Crippen molar-refractivity contribution < 1.29 is 24.2 Å². The van der Waals surface area contributed by atoms with E-state index in [1.54, 1.807) is 0 Å². The first-order valence-electron chi connectivity index (χ1n) is 11.4. The summed E-state index contributed by atoms with van der Waals surface area (Å²) in [7, 11) is 0. The Hall–Kier alpha value is -3.35. The first-order valence-corrected chi connectivity index (χ1v) is 11.4. The molecule has 2 amide bonds. The summed E-state index contributed by atoms with van der Waals surface area (Å²) >= 11 is 0. The first-order chi connectivity index (χ1) is 15.7. The van der Waals surface area contributed by atoms with Crippen LogP contribution < -0.4 is 5.32 Å². The summed E-state index contributed by atoms with van der Waals surface area (Å²) in [6, 6.07) is 15.4. The molecule has 1 aliphatic heterocycles. The lowest BCUT2D eigenvalue weighted by Gasteiger charge is -2.25. The topological polar surface area (TPSA) is 95.9 Å². The number of carbonyl (C=O) groups is 3. The van der Waals surface area contributed by atoms with E-state index >= 15 is 0 Å². The molecule has 174 valence electrons. The van der Waals surface area contributed by atoms with E-state index in [2.05, 4.69) is 17.4 Å². The monoisotopic (exact) mass is 450 g/mol. The van der Waals surface area contributed by atoms with Crippen molar-refractivity contribution in [1.29, 1.82) is 0 Å². The zero-order valence-electron chi connectivity index (χ0n) is 19.2. The minimum absolute atomic E-state index is 0.0605. The maximum absolute atomic E-state index is 13.0. The number of carboxylic acid groups (broad SMARTS) is 1. The Morgan fingerprint density at radius 1 is 1.09 bits per heavy atom. The van der Waals surface area contributed by atoms with Crippen molar-refractivity contribution in [3.8, 4) is 11.1 Å². The van der Waals surface area contributed by atoms with E-state index in [-0.39, 0.29) is 25.0 Å². The molecule has 2 aromatic rings. The molecule has 1 saturated heterocycles. The third-order valence-corrected chi connectivity index (χ3v) is 6.90. The summed E-state index contributed by atoms with van der Waals surface area (Å²) in [4.78, 5) is 38.7. The van der Waals surface area contributed by atoms with Crippen LogP contribution >= 0.6 is 0 Å². The fourth-order valence-corrected chi connectivity index (χ4v) is 5.06. The number of nitrogens with zero attached hydrogens (tertiary/aromatic N) is 1. The summed E-state index contributed by atoms with van der Waals surface area (Å²) in [5.74, 6) is -1.88. The van der Waals surface area contributed by atoms with Crippen LogP contribution in [-0.2, 0) is 14.3 Å². The van der Waals surface area contributed by atoms with Gasteiger partial charge in [0.2, 0.25) is 5.91 Å². The van der Waals surface area contributed by atoms with Gasteiger partial charge in [-0.1, -0.05) is 69.3 Å². The van der Waals surface area contributed by atoms with Gasteiger partial charge < -0.3 is 20.1 Å². The Morgan fingerprint density at radius 2 is 1.67 bits per heavy atom. The molecule has 2 unspecified atom stereocenters. The van der Waals surface area contributed by atoms with Gasteiger partial charge in [0, 0.05) is 19.0 Å². The number of carbonyl (C=O) groups excluding carboxylic acids is 2. The van der Waals surface area contributed by atoms with E-state index in [1.807, 2.05) is 57.2 Å². The smallest absolute Gasteiger partial charge is 0.407 e. The van der Waals surface area contributed by atoms with Gasteiger partial charge in [0.05, 0.1) is 5.92 Å². The Balaban J connectivity index is 1.40. The molecular weight excluding hydrogens is 420 g/mol. The molecule has 0 bridgehead atoms. The Labute approximate surface area is 193 Å². The number of carboxylic acids is 1. The lowest BCUT2D eigenvalue weighted by molar-refractivity contribution is -0.144. The lowest BCUT2D eigenvalue weighted by atomic mass is 9.82. The molecule has 0 saturated carbocycles. The van der Waals surface area contributed by atoms with E-state index in [0.29, 0.717) is 13.0 Å². The number of likely N-dealkylation sites (tertiary alicyclic amines) is 1. The average molecular weight is 451 g/mol. The number of rotatable bonds is 6. The number of ether oxygens (including phenoxy) is 1. The van der Waals surface area contributed by atoms with Crippen LogP contribution in [0.5, 0.6) is 0 Å². The summed E-state index contributed by atoms with van der Waals surface area (Å²) in [6.07, 6.45) is -0.261. The van der Waals surface area contributed by atoms with Crippen molar-refractivity contribution >= 4 is 18.0 Å². The van der Waals surface area contributed by atoms with Gasteiger partial charge in [-0.3, -0.25) is 9.59 Å². The molecule has 7 heteroatoms. The molecule has 0 aromatic heterocycles. The summed E-state index contributed by atoms with van der Waals surface area (Å²) < 4.78 is 5.57. The van der Waals surface area contributed by atoms with Crippen molar-refractivity contribution in [2.24, 2.45) is 11.3 Å². The SMILES string of the molecule is CCC(NC(=O)OCC1c2ccccc2-c2ccccc21)C(=O)N1CC(C(=O)O)C(C)(C)C1. The van der Waals surface area contributed by atoms with Crippen molar-refractivity contribution in [3.05, 3.63) is 59.7 Å². The fraction of sp³-hybridized carbons (Fsp3) is 0.423. The molecule has 7 nitrogen and oxygen atoms in total. The molecule has 4 rings (SSSR count). The highest BCUT2D eigenvalue weighted by Crippen LogP contribution is 2.44. The largest absolute Gasteiger partial charge is 0.481 e. The molecule has 1 fully saturated rings. The molecule has 0 radical (unpaired) electrons. The average Bonchev–Trinajstić information content (AvgIpc) is 3.29. The second-order valence-electron chi connectivity index (χ2n) is 9.53. The van der Waals surface area contributed by atoms with Gasteiger partial charge in [-0.2, -0.15) is 0 Å². The van der Waals surface area contributed by atoms with Crippen molar-refractivity contribution in [3.63, 3.8) is 0 Å². The molecular formula is C26H30N2O5. The van der Waals surface area contributed by atoms with Crippen LogP contribution in [0.3, 0.4) is 0 Å². The minimum atomic E-state index is -0.909. The molecule has 0 spiro atoms. The van der Waals surface area contributed by atoms with Crippen molar-refractivity contribution in [1.82, 2.24) is 10.2 Å². The van der Waals surface area contributed by atoms with Crippen LogP contribution in [0.1, 0.15) is 44.2 Å². The second kappa shape index (κ2) is 8.89. The van der Waals surface area contributed by atoms with E-state index in [1.165, 1.54) is 4.90 Å². The van der Waals surface area contributed by atoms with Gasteiger partial charge in [0.15, 0.2) is 0 Å². The maximum atomic E-state index is 13.0. The number of hydrogen-bond acceptors (Lipinski definition) is 4. The standard InChI is InChI=1S/C26H30N2O5/c1-4-22(23(29)28-13-21(24(30)31)26(2,3)15-28)27-25(32)33-14-20-18-11-7-5-9-16(18)17-10-6-8-12-19(17)20/h5-12,20-22H,4,13-15H2,1-3H3,(H,27,32)(H,30,31). The zero-order chi connectivity index (χ0) is 23.8. The highest BCUT2D eigenvalue weighted by atomic mass is 16.5. The van der Waals surface area contributed by atoms with E-state index in [0.717, 1.165) is 22.3 Å². The lowest BCUT2D eigenvalue weighted by Crippen LogP contribution is -2.48. The first kappa shape index (κ1) is 22.8. The summed E-state index contributed by atoms with van der Waals surface area (Å²) in [6.45, 7) is 6.15. The minimum Gasteiger partial charge on any atom is -0.481 e. The normalized spacial score (nSPS) is 19.5. The number of fused-ring (bicyclic) bond motifs is 3. The summed E-state index contributed by atoms with van der Waals surface area (Å²) in [5.41, 5.74) is 4.01. The van der Waals surface area contributed by atoms with Gasteiger partial charge >= 0.3 is 12.1 Å². The van der Waals surface area contributed by atoms with E-state index in [4.69, 9.17) is 4.74 Å². The predicted octanol–water partition coefficient (Wildman–Crippen LogP) is 3.87. The molecule has 1 heterocycles. The van der Waals surface area contributed by atoms with Gasteiger partial charge in [-0.25, -0.2) is 4.79 Å². The van der Waals surface area contributed by atoms with Crippen LogP contribution in [0.4, 0.5) is 4.79 Å². The van der Waals surface area contributed by atoms with Gasteiger partial charge in [-0.05, 0) is 34.1 Å². The Kier molecular flexibility index (Phi) is 6.15. The Bertz CT molecular complexity index is 1030. The molecule has 2 aliphatic rings. The van der Waals surface area contributed by atoms with E-state index in [9.17, 15) is 19.5 Å². The van der Waals surface area contributed by atoms with Crippen LogP contribution in [0, 0.1) is 11.3 Å². The molecule has 33 heavy (non-hydrogen) atoms. The predicted molar refractivity (Wildman–Crippen MR) is 124 cm³/mol. The quantitative estimate of drug-likeness (QED) is 0.697. The fourth-order valence-electron chi connectivity index (χ4n) is 5.06.